The van der Waals surface area contributed by atoms with E-state index in [1.54, 1.807) is 12.2 Å². The smallest absolute Gasteiger partial charge is 0.303 e. The molecule has 0 saturated heterocycles. The third-order valence-corrected chi connectivity index (χ3v) is 3.60. The van der Waals surface area contributed by atoms with Gasteiger partial charge in [0.2, 0.25) is 0 Å². The Balaban J connectivity index is 3.76. The van der Waals surface area contributed by atoms with Crippen LogP contribution in [0.3, 0.4) is 0 Å². The van der Waals surface area contributed by atoms with E-state index in [0.29, 0.717) is 19.3 Å². The van der Waals surface area contributed by atoms with Crippen molar-refractivity contribution in [1.82, 2.24) is 0 Å². The topological polar surface area (TPSA) is 77.8 Å². The summed E-state index contributed by atoms with van der Waals surface area (Å²) in [6.45, 7) is 2.07. The van der Waals surface area contributed by atoms with Gasteiger partial charge in [0.15, 0.2) is 0 Å². The SMILES string of the molecule is CC/C=C\C[C@H](O)/C=C/C=C\C/C=C\C=C\[C@H](O)CCCCCC(=O)O. The Hall–Kier alpha value is -1.91. The van der Waals surface area contributed by atoms with Crippen LogP contribution in [0.4, 0.5) is 0 Å². The highest BCUT2D eigenvalue weighted by Gasteiger charge is 2.00. The maximum atomic E-state index is 10.4. The second-order valence-corrected chi connectivity index (χ2v) is 6.10. The molecule has 0 spiro atoms. The molecule has 146 valence electrons. The number of hydrogen-bond acceptors (Lipinski definition) is 3. The lowest BCUT2D eigenvalue weighted by atomic mass is 10.1. The van der Waals surface area contributed by atoms with E-state index >= 15 is 0 Å². The number of rotatable bonds is 15. The highest BCUT2D eigenvalue weighted by atomic mass is 16.4. The third kappa shape index (κ3) is 18.4. The van der Waals surface area contributed by atoms with Crippen molar-refractivity contribution in [3.05, 3.63) is 60.8 Å². The predicted molar refractivity (Wildman–Crippen MR) is 108 cm³/mol. The molecule has 0 heterocycles. The number of allylic oxidation sites excluding steroid dienone is 7. The zero-order valence-electron chi connectivity index (χ0n) is 15.8. The Kier molecular flexibility index (Phi) is 16.6. The molecule has 0 aliphatic rings. The van der Waals surface area contributed by atoms with Crippen molar-refractivity contribution in [2.24, 2.45) is 0 Å². The zero-order valence-corrected chi connectivity index (χ0v) is 15.8. The Labute approximate surface area is 157 Å². The van der Waals surface area contributed by atoms with Crippen molar-refractivity contribution in [3.63, 3.8) is 0 Å². The minimum atomic E-state index is -0.763. The fourth-order valence-electron chi connectivity index (χ4n) is 2.16. The number of unbranched alkanes of at least 4 members (excludes halogenated alkanes) is 2. The van der Waals surface area contributed by atoms with Crippen LogP contribution in [0, 0.1) is 0 Å². The third-order valence-electron chi connectivity index (χ3n) is 3.60. The van der Waals surface area contributed by atoms with E-state index in [4.69, 9.17) is 5.11 Å². The molecule has 0 aromatic rings. The van der Waals surface area contributed by atoms with Gasteiger partial charge in [0, 0.05) is 6.42 Å². The number of aliphatic carboxylic acids is 1. The number of carbonyl (C=O) groups is 1. The second-order valence-electron chi connectivity index (χ2n) is 6.10. The molecule has 0 fully saturated rings. The summed E-state index contributed by atoms with van der Waals surface area (Å²) >= 11 is 0. The van der Waals surface area contributed by atoms with Gasteiger partial charge in [-0.1, -0.05) is 80.5 Å². The van der Waals surface area contributed by atoms with Gasteiger partial charge in [-0.25, -0.2) is 0 Å². The lowest BCUT2D eigenvalue weighted by Crippen LogP contribution is -2.01. The van der Waals surface area contributed by atoms with Crippen molar-refractivity contribution < 1.29 is 20.1 Å². The Morgan fingerprint density at radius 2 is 1.50 bits per heavy atom. The molecule has 0 aliphatic carbocycles. The van der Waals surface area contributed by atoms with E-state index in [-0.39, 0.29) is 6.42 Å². The molecule has 4 nitrogen and oxygen atoms in total. The van der Waals surface area contributed by atoms with Crippen LogP contribution >= 0.6 is 0 Å². The van der Waals surface area contributed by atoms with Crippen molar-refractivity contribution >= 4 is 5.97 Å². The minimum absolute atomic E-state index is 0.201. The van der Waals surface area contributed by atoms with Gasteiger partial charge in [-0.15, -0.1) is 0 Å². The fourth-order valence-corrected chi connectivity index (χ4v) is 2.16. The summed E-state index contributed by atoms with van der Waals surface area (Å²) in [5, 5.41) is 28.0. The first-order chi connectivity index (χ1) is 12.6. The van der Waals surface area contributed by atoms with Crippen LogP contribution in [-0.2, 0) is 4.79 Å². The van der Waals surface area contributed by atoms with Crippen LogP contribution in [0.2, 0.25) is 0 Å². The van der Waals surface area contributed by atoms with Gasteiger partial charge in [-0.2, -0.15) is 0 Å². The number of aliphatic hydroxyl groups is 2. The molecule has 0 saturated carbocycles. The van der Waals surface area contributed by atoms with Crippen molar-refractivity contribution in [2.45, 2.75) is 70.5 Å². The molecule has 0 aromatic heterocycles. The second kappa shape index (κ2) is 17.9. The van der Waals surface area contributed by atoms with Crippen LogP contribution in [-0.4, -0.2) is 33.5 Å². The molecule has 0 aliphatic heterocycles. The minimum Gasteiger partial charge on any atom is -0.481 e. The van der Waals surface area contributed by atoms with Crippen LogP contribution < -0.4 is 0 Å². The molecule has 0 amide bonds. The van der Waals surface area contributed by atoms with Gasteiger partial charge in [-0.05, 0) is 32.1 Å². The molecule has 0 rings (SSSR count). The monoisotopic (exact) mass is 362 g/mol. The number of hydrogen-bond donors (Lipinski definition) is 3. The van der Waals surface area contributed by atoms with Crippen molar-refractivity contribution in [1.29, 1.82) is 0 Å². The molecule has 0 aromatic carbocycles. The molecule has 26 heavy (non-hydrogen) atoms. The first kappa shape index (κ1) is 24.1. The van der Waals surface area contributed by atoms with Crippen LogP contribution in [0.1, 0.15) is 58.3 Å². The van der Waals surface area contributed by atoms with Gasteiger partial charge in [0.25, 0.3) is 0 Å². The summed E-state index contributed by atoms with van der Waals surface area (Å²) in [5.74, 6) is -0.763. The van der Waals surface area contributed by atoms with Gasteiger partial charge >= 0.3 is 5.97 Å². The van der Waals surface area contributed by atoms with Gasteiger partial charge in [-0.3, -0.25) is 4.79 Å². The maximum absolute atomic E-state index is 10.4. The van der Waals surface area contributed by atoms with Gasteiger partial charge < -0.3 is 15.3 Å². The molecule has 3 N–H and O–H groups in total. The van der Waals surface area contributed by atoms with Gasteiger partial charge in [0.1, 0.15) is 0 Å². The standard InChI is InChI=1S/C22H34O4/c1-2-3-10-15-20(23)16-11-7-5-4-6-8-12-17-21(24)18-13-9-14-19-22(25)26/h3,5-8,10-12,16-17,20-21,23-24H,2,4,9,13-15,18-19H2,1H3,(H,25,26)/b7-5-,8-6-,10-3-,16-11+,17-12+/t20-,21-/m0/s1. The zero-order chi connectivity index (χ0) is 19.5. The van der Waals surface area contributed by atoms with Crippen LogP contribution in [0.5, 0.6) is 0 Å². The molecular formula is C22H34O4. The summed E-state index contributed by atoms with van der Waals surface area (Å²) in [7, 11) is 0. The van der Waals surface area contributed by atoms with E-state index in [1.807, 2.05) is 48.6 Å². The first-order valence-electron chi connectivity index (χ1n) is 9.45. The van der Waals surface area contributed by atoms with E-state index < -0.39 is 18.2 Å². The number of carboxylic acids is 1. The van der Waals surface area contributed by atoms with Crippen molar-refractivity contribution in [3.8, 4) is 0 Å². The predicted octanol–water partition coefficient (Wildman–Crippen LogP) is 4.71. The lowest BCUT2D eigenvalue weighted by molar-refractivity contribution is -0.137. The summed E-state index contributed by atoms with van der Waals surface area (Å²) < 4.78 is 0. The van der Waals surface area contributed by atoms with E-state index in [1.165, 1.54) is 0 Å². The summed E-state index contributed by atoms with van der Waals surface area (Å²) in [5.41, 5.74) is 0. The average Bonchev–Trinajstić information content (AvgIpc) is 2.60. The highest BCUT2D eigenvalue weighted by molar-refractivity contribution is 5.66. The molecule has 4 heteroatoms. The van der Waals surface area contributed by atoms with E-state index in [2.05, 4.69) is 6.92 Å². The fraction of sp³-hybridized carbons (Fsp3) is 0.500. The lowest BCUT2D eigenvalue weighted by Gasteiger charge is -2.03. The molecular weight excluding hydrogens is 328 g/mol. The first-order valence-corrected chi connectivity index (χ1v) is 9.45. The number of aliphatic hydroxyl groups excluding tert-OH is 2. The van der Waals surface area contributed by atoms with Crippen LogP contribution in [0.25, 0.3) is 0 Å². The summed E-state index contributed by atoms with van der Waals surface area (Å²) in [4.78, 5) is 10.4. The molecule has 0 unspecified atom stereocenters. The Morgan fingerprint density at radius 1 is 0.846 bits per heavy atom. The van der Waals surface area contributed by atoms with Crippen LogP contribution in [0.15, 0.2) is 60.8 Å². The van der Waals surface area contributed by atoms with Gasteiger partial charge in [0.05, 0.1) is 12.2 Å². The molecule has 2 atom stereocenters. The van der Waals surface area contributed by atoms with E-state index in [0.717, 1.165) is 25.7 Å². The molecule has 0 bridgehead atoms. The Bertz CT molecular complexity index is 486. The molecule has 0 radical (unpaired) electrons. The number of carboxylic acid groups (broad SMARTS) is 1. The Morgan fingerprint density at radius 3 is 2.12 bits per heavy atom. The quantitative estimate of drug-likeness (QED) is 0.224. The normalized spacial score (nSPS) is 15.2. The highest BCUT2D eigenvalue weighted by Crippen LogP contribution is 2.07. The summed E-state index contributed by atoms with van der Waals surface area (Å²) in [6.07, 6.45) is 23.7. The average molecular weight is 363 g/mol. The van der Waals surface area contributed by atoms with Crippen molar-refractivity contribution in [2.75, 3.05) is 0 Å². The summed E-state index contributed by atoms with van der Waals surface area (Å²) in [6, 6.07) is 0. The maximum Gasteiger partial charge on any atom is 0.303 e. The van der Waals surface area contributed by atoms with E-state index in [9.17, 15) is 15.0 Å². The largest absolute Gasteiger partial charge is 0.481 e.